The van der Waals surface area contributed by atoms with Crippen LogP contribution in [0.2, 0.25) is 5.02 Å². The second-order valence-electron chi connectivity index (χ2n) is 6.26. The highest BCUT2D eigenvalue weighted by molar-refractivity contribution is 6.31. The van der Waals surface area contributed by atoms with Gasteiger partial charge in [0.25, 0.3) is 11.9 Å². The van der Waals surface area contributed by atoms with Crippen molar-refractivity contribution in [2.75, 3.05) is 18.0 Å². The second-order valence-corrected chi connectivity index (χ2v) is 6.69. The largest absolute Gasteiger partial charge is 0.423 e. The predicted molar refractivity (Wildman–Crippen MR) is 94.9 cm³/mol. The van der Waals surface area contributed by atoms with Crippen LogP contribution in [0, 0.1) is 0 Å². The van der Waals surface area contributed by atoms with E-state index in [1.807, 2.05) is 6.07 Å². The first-order valence-corrected chi connectivity index (χ1v) is 8.56. The number of hydrogen-bond donors (Lipinski definition) is 1. The molecular weight excluding hydrogens is 342 g/mol. The smallest absolute Gasteiger partial charge is 0.298 e. The molecule has 1 aliphatic heterocycles. The topological polar surface area (TPSA) is 76.2 Å². The Hall–Kier alpha value is -2.54. The minimum Gasteiger partial charge on any atom is -0.423 e. The number of aromatic nitrogens is 3. The van der Waals surface area contributed by atoms with E-state index in [0.717, 1.165) is 24.9 Å². The molecular formula is C17H18ClN5O2. The van der Waals surface area contributed by atoms with Crippen LogP contribution in [0.4, 0.5) is 6.01 Å². The Morgan fingerprint density at radius 1 is 1.44 bits per heavy atom. The van der Waals surface area contributed by atoms with E-state index in [1.54, 1.807) is 36.3 Å². The third-order valence-corrected chi connectivity index (χ3v) is 4.65. The van der Waals surface area contributed by atoms with Crippen molar-refractivity contribution in [3.8, 4) is 0 Å². The van der Waals surface area contributed by atoms with Gasteiger partial charge in [-0.15, -0.1) is 0 Å². The number of aryl methyl sites for hydroxylation is 1. The van der Waals surface area contributed by atoms with Gasteiger partial charge in [0.2, 0.25) is 0 Å². The van der Waals surface area contributed by atoms with Crippen molar-refractivity contribution in [1.82, 2.24) is 19.9 Å². The van der Waals surface area contributed by atoms with Crippen molar-refractivity contribution in [2.45, 2.75) is 18.9 Å². The van der Waals surface area contributed by atoms with Crippen LogP contribution in [0.3, 0.4) is 0 Å². The molecule has 4 rings (SSSR count). The van der Waals surface area contributed by atoms with Crippen molar-refractivity contribution in [1.29, 1.82) is 0 Å². The van der Waals surface area contributed by atoms with E-state index in [2.05, 4.69) is 20.2 Å². The summed E-state index contributed by atoms with van der Waals surface area (Å²) in [7, 11) is 1.80. The van der Waals surface area contributed by atoms with E-state index >= 15 is 0 Å². The Morgan fingerprint density at radius 2 is 2.32 bits per heavy atom. The standard InChI is InChI=1S/C17H18ClN5O2/c1-22-10-19-8-14(22)16(24)20-12-3-2-6-23(9-12)17-21-13-7-11(18)4-5-15(13)25-17/h4-5,7-8,10,12H,2-3,6,9H2,1H3,(H,20,24). The monoisotopic (exact) mass is 359 g/mol. The molecule has 1 atom stereocenters. The van der Waals surface area contributed by atoms with Crippen LogP contribution in [0.15, 0.2) is 35.1 Å². The number of halogens is 1. The molecule has 1 N–H and O–H groups in total. The van der Waals surface area contributed by atoms with Gasteiger partial charge in [-0.25, -0.2) is 4.98 Å². The first kappa shape index (κ1) is 16.0. The summed E-state index contributed by atoms with van der Waals surface area (Å²) in [5, 5.41) is 3.70. The number of carbonyl (C=O) groups excluding carboxylic acids is 1. The zero-order valence-electron chi connectivity index (χ0n) is 13.8. The van der Waals surface area contributed by atoms with Crippen LogP contribution in [0.1, 0.15) is 23.3 Å². The summed E-state index contributed by atoms with van der Waals surface area (Å²) < 4.78 is 7.55. The summed E-state index contributed by atoms with van der Waals surface area (Å²) >= 11 is 6.01. The summed E-state index contributed by atoms with van der Waals surface area (Å²) in [6, 6.07) is 5.99. The molecule has 0 saturated carbocycles. The second kappa shape index (κ2) is 6.40. The lowest BCUT2D eigenvalue weighted by molar-refractivity contribution is 0.0924. The Morgan fingerprint density at radius 3 is 3.12 bits per heavy atom. The first-order valence-electron chi connectivity index (χ1n) is 8.18. The normalized spacial score (nSPS) is 17.8. The lowest BCUT2D eigenvalue weighted by Gasteiger charge is -2.32. The molecule has 1 saturated heterocycles. The Kier molecular flexibility index (Phi) is 4.09. The molecule has 2 aromatic heterocycles. The summed E-state index contributed by atoms with van der Waals surface area (Å²) in [6.45, 7) is 1.50. The van der Waals surface area contributed by atoms with Crippen molar-refractivity contribution >= 4 is 34.6 Å². The van der Waals surface area contributed by atoms with Gasteiger partial charge in [0.15, 0.2) is 5.58 Å². The zero-order chi connectivity index (χ0) is 17.4. The van der Waals surface area contributed by atoms with Gasteiger partial charge in [0.05, 0.1) is 12.5 Å². The molecule has 1 unspecified atom stereocenters. The molecule has 0 bridgehead atoms. The number of imidazole rings is 1. The number of benzene rings is 1. The van der Waals surface area contributed by atoms with E-state index in [1.165, 1.54) is 0 Å². The van der Waals surface area contributed by atoms with E-state index in [0.29, 0.717) is 28.9 Å². The molecule has 7 nitrogen and oxygen atoms in total. The molecule has 8 heteroatoms. The van der Waals surface area contributed by atoms with Gasteiger partial charge in [-0.05, 0) is 31.0 Å². The van der Waals surface area contributed by atoms with E-state index in [4.69, 9.17) is 16.0 Å². The maximum atomic E-state index is 12.4. The fraction of sp³-hybridized carbons (Fsp3) is 0.353. The highest BCUT2D eigenvalue weighted by Gasteiger charge is 2.25. The molecule has 3 heterocycles. The van der Waals surface area contributed by atoms with Crippen LogP contribution < -0.4 is 10.2 Å². The van der Waals surface area contributed by atoms with Gasteiger partial charge < -0.3 is 19.2 Å². The van der Waals surface area contributed by atoms with Crippen LogP contribution in [0.25, 0.3) is 11.1 Å². The van der Waals surface area contributed by atoms with Gasteiger partial charge >= 0.3 is 0 Å². The summed E-state index contributed by atoms with van der Waals surface area (Å²) in [5.74, 6) is -0.115. The van der Waals surface area contributed by atoms with Crippen molar-refractivity contribution in [2.24, 2.45) is 7.05 Å². The van der Waals surface area contributed by atoms with Gasteiger partial charge in [-0.1, -0.05) is 11.6 Å². The SMILES string of the molecule is Cn1cncc1C(=O)NC1CCCN(c2nc3cc(Cl)ccc3o2)C1. The first-order chi connectivity index (χ1) is 12.1. The average Bonchev–Trinajstić information content (AvgIpc) is 3.20. The molecule has 130 valence electrons. The maximum Gasteiger partial charge on any atom is 0.298 e. The molecule has 1 aliphatic rings. The van der Waals surface area contributed by atoms with Crippen molar-refractivity contribution in [3.63, 3.8) is 0 Å². The predicted octanol–water partition coefficient (Wildman–Crippen LogP) is 2.61. The summed E-state index contributed by atoms with van der Waals surface area (Å²) in [4.78, 5) is 22.9. The van der Waals surface area contributed by atoms with E-state index in [-0.39, 0.29) is 11.9 Å². The number of amides is 1. The van der Waals surface area contributed by atoms with Gasteiger partial charge in [-0.2, -0.15) is 4.98 Å². The minimum atomic E-state index is -0.115. The Balaban J connectivity index is 1.48. The number of fused-ring (bicyclic) bond motifs is 1. The number of piperidine rings is 1. The Labute approximate surface area is 149 Å². The lowest BCUT2D eigenvalue weighted by atomic mass is 10.1. The number of oxazole rings is 1. The fourth-order valence-corrected chi connectivity index (χ4v) is 3.29. The van der Waals surface area contributed by atoms with Gasteiger partial charge in [-0.3, -0.25) is 4.79 Å². The molecule has 1 amide bonds. The van der Waals surface area contributed by atoms with E-state index < -0.39 is 0 Å². The number of carbonyl (C=O) groups is 1. The number of nitrogens with one attached hydrogen (secondary N) is 1. The quantitative estimate of drug-likeness (QED) is 0.778. The zero-order valence-corrected chi connectivity index (χ0v) is 14.5. The number of rotatable bonds is 3. The van der Waals surface area contributed by atoms with E-state index in [9.17, 15) is 4.79 Å². The number of nitrogens with zero attached hydrogens (tertiary/aromatic N) is 4. The third kappa shape index (κ3) is 3.19. The molecule has 3 aromatic rings. The highest BCUT2D eigenvalue weighted by Crippen LogP contribution is 2.26. The third-order valence-electron chi connectivity index (χ3n) is 4.41. The van der Waals surface area contributed by atoms with Crippen LogP contribution >= 0.6 is 11.6 Å². The lowest BCUT2D eigenvalue weighted by Crippen LogP contribution is -2.48. The molecule has 0 aliphatic carbocycles. The molecule has 0 spiro atoms. The fourth-order valence-electron chi connectivity index (χ4n) is 3.13. The summed E-state index contributed by atoms with van der Waals surface area (Å²) in [6.07, 6.45) is 5.06. The average molecular weight is 360 g/mol. The maximum absolute atomic E-state index is 12.4. The van der Waals surface area contributed by atoms with Crippen LogP contribution in [0.5, 0.6) is 0 Å². The van der Waals surface area contributed by atoms with Crippen molar-refractivity contribution in [3.05, 3.63) is 41.4 Å². The molecule has 0 radical (unpaired) electrons. The van der Waals surface area contributed by atoms with Crippen LogP contribution in [-0.4, -0.2) is 39.6 Å². The summed E-state index contributed by atoms with van der Waals surface area (Å²) in [5.41, 5.74) is 2.00. The molecule has 25 heavy (non-hydrogen) atoms. The number of hydrogen-bond acceptors (Lipinski definition) is 5. The number of anilines is 1. The van der Waals surface area contributed by atoms with Crippen LogP contribution in [-0.2, 0) is 7.05 Å². The minimum absolute atomic E-state index is 0.0368. The molecule has 1 fully saturated rings. The Bertz CT molecular complexity index is 919. The van der Waals surface area contributed by atoms with Gasteiger partial charge in [0.1, 0.15) is 11.2 Å². The molecule has 1 aromatic carbocycles. The highest BCUT2D eigenvalue weighted by atomic mass is 35.5. The van der Waals surface area contributed by atoms with Gasteiger partial charge in [0, 0.05) is 31.2 Å². The van der Waals surface area contributed by atoms with Crippen molar-refractivity contribution < 1.29 is 9.21 Å².